The number of hydrogen-bond acceptors (Lipinski definition) is 4. The van der Waals surface area contributed by atoms with Crippen molar-refractivity contribution in [1.82, 2.24) is 0 Å². The van der Waals surface area contributed by atoms with Crippen LogP contribution in [0.3, 0.4) is 0 Å². The van der Waals surface area contributed by atoms with E-state index in [0.29, 0.717) is 11.3 Å². The van der Waals surface area contributed by atoms with E-state index in [-0.39, 0.29) is 24.0 Å². The van der Waals surface area contributed by atoms with Crippen molar-refractivity contribution in [3.8, 4) is 5.75 Å². The van der Waals surface area contributed by atoms with Crippen LogP contribution in [0.4, 0.5) is 8.78 Å². The highest BCUT2D eigenvalue weighted by Gasteiger charge is 2.24. The van der Waals surface area contributed by atoms with E-state index >= 15 is 0 Å². The molecular formula is C23H13F2I2NO3. The SMILES string of the molecule is O=C1OC(c2cccc(F)c2)=N/C1=C\c1cc(I)c(OCc2cccc(F)c2)c(I)c1. The van der Waals surface area contributed by atoms with Gasteiger partial charge in [0.2, 0.25) is 5.90 Å². The number of carbonyl (C=O) groups is 1. The summed E-state index contributed by atoms with van der Waals surface area (Å²) >= 11 is 4.29. The maximum Gasteiger partial charge on any atom is 0.363 e. The molecule has 0 saturated heterocycles. The van der Waals surface area contributed by atoms with Crippen molar-refractivity contribution in [3.63, 3.8) is 0 Å². The Morgan fingerprint density at radius 1 is 0.968 bits per heavy atom. The highest BCUT2D eigenvalue weighted by molar-refractivity contribution is 14.1. The number of benzene rings is 3. The van der Waals surface area contributed by atoms with Crippen LogP contribution in [-0.4, -0.2) is 11.9 Å². The molecule has 156 valence electrons. The van der Waals surface area contributed by atoms with Crippen molar-refractivity contribution < 1.29 is 23.0 Å². The molecule has 0 amide bonds. The Morgan fingerprint density at radius 2 is 1.65 bits per heavy atom. The molecule has 0 aliphatic carbocycles. The van der Waals surface area contributed by atoms with E-state index < -0.39 is 11.8 Å². The lowest BCUT2D eigenvalue weighted by molar-refractivity contribution is -0.129. The van der Waals surface area contributed by atoms with E-state index in [1.54, 1.807) is 24.3 Å². The summed E-state index contributed by atoms with van der Waals surface area (Å²) in [6.07, 6.45) is 1.61. The largest absolute Gasteiger partial charge is 0.487 e. The van der Waals surface area contributed by atoms with Crippen molar-refractivity contribution >= 4 is 63.1 Å². The molecule has 0 spiro atoms. The third kappa shape index (κ3) is 5.29. The van der Waals surface area contributed by atoms with Crippen molar-refractivity contribution in [3.05, 3.63) is 102 Å². The van der Waals surface area contributed by atoms with Gasteiger partial charge in [-0.05, 0) is 105 Å². The summed E-state index contributed by atoms with van der Waals surface area (Å²) in [5.74, 6) is -0.614. The Kier molecular flexibility index (Phi) is 6.65. The first kappa shape index (κ1) is 21.9. The minimum atomic E-state index is -0.601. The molecular weight excluding hydrogens is 630 g/mol. The number of nitrogens with zero attached hydrogens (tertiary/aromatic N) is 1. The number of halogens is 4. The Morgan fingerprint density at radius 3 is 2.32 bits per heavy atom. The Hall–Kier alpha value is -2.34. The second kappa shape index (κ2) is 9.43. The van der Waals surface area contributed by atoms with Crippen LogP contribution >= 0.6 is 45.2 Å². The molecule has 31 heavy (non-hydrogen) atoms. The summed E-state index contributed by atoms with van der Waals surface area (Å²) in [6, 6.07) is 15.6. The molecule has 0 bridgehead atoms. The summed E-state index contributed by atoms with van der Waals surface area (Å²) in [7, 11) is 0. The van der Waals surface area contributed by atoms with Gasteiger partial charge in [0.25, 0.3) is 0 Å². The van der Waals surface area contributed by atoms with E-state index in [2.05, 4.69) is 50.2 Å². The molecule has 0 radical (unpaired) electrons. The fourth-order valence-electron chi connectivity index (χ4n) is 2.89. The number of ether oxygens (including phenoxy) is 2. The molecule has 0 aromatic heterocycles. The number of rotatable bonds is 5. The second-order valence-electron chi connectivity index (χ2n) is 6.58. The molecule has 4 rings (SSSR count). The maximum absolute atomic E-state index is 13.4. The Labute approximate surface area is 204 Å². The standard InChI is InChI=1S/C23H13F2I2NO3/c24-16-5-1-3-13(7-16)12-30-21-18(26)8-14(9-19(21)27)10-20-23(29)31-22(28-20)15-4-2-6-17(25)11-15/h1-11H,12H2/b20-10-. The van der Waals surface area contributed by atoms with Crippen LogP contribution in [0.2, 0.25) is 0 Å². The predicted octanol–water partition coefficient (Wildman–Crippen LogP) is 6.10. The Balaban J connectivity index is 1.56. The summed E-state index contributed by atoms with van der Waals surface area (Å²) in [5, 5.41) is 0. The maximum atomic E-state index is 13.4. The molecule has 0 atom stereocenters. The molecule has 0 N–H and O–H groups in total. The fourth-order valence-corrected chi connectivity index (χ4v) is 5.02. The summed E-state index contributed by atoms with van der Waals surface area (Å²) in [6.45, 7) is 0.234. The number of hydrogen-bond donors (Lipinski definition) is 0. The lowest BCUT2D eigenvalue weighted by atomic mass is 10.2. The van der Waals surface area contributed by atoms with E-state index in [1.165, 1.54) is 30.3 Å². The van der Waals surface area contributed by atoms with Gasteiger partial charge in [0.1, 0.15) is 24.0 Å². The van der Waals surface area contributed by atoms with E-state index in [0.717, 1.165) is 18.3 Å². The monoisotopic (exact) mass is 643 g/mol. The van der Waals surface area contributed by atoms with Crippen LogP contribution in [0.25, 0.3) is 6.08 Å². The average Bonchev–Trinajstić information content (AvgIpc) is 3.08. The first-order valence-corrected chi connectivity index (χ1v) is 11.2. The van der Waals surface area contributed by atoms with E-state index in [4.69, 9.17) is 9.47 Å². The van der Waals surface area contributed by atoms with Crippen molar-refractivity contribution in [2.75, 3.05) is 0 Å². The smallest absolute Gasteiger partial charge is 0.363 e. The van der Waals surface area contributed by atoms with Crippen LogP contribution < -0.4 is 4.74 Å². The zero-order chi connectivity index (χ0) is 22.0. The molecule has 4 nitrogen and oxygen atoms in total. The van der Waals surface area contributed by atoms with Gasteiger partial charge in [0, 0.05) is 5.56 Å². The first-order valence-electron chi connectivity index (χ1n) is 9.04. The average molecular weight is 643 g/mol. The Bertz CT molecular complexity index is 1220. The van der Waals surface area contributed by atoms with Crippen LogP contribution in [0.15, 0.2) is 71.4 Å². The van der Waals surface area contributed by atoms with Gasteiger partial charge in [-0.15, -0.1) is 0 Å². The summed E-state index contributed by atoms with van der Waals surface area (Å²) < 4.78 is 39.5. The van der Waals surface area contributed by atoms with E-state index in [9.17, 15) is 13.6 Å². The van der Waals surface area contributed by atoms with Crippen LogP contribution in [0.5, 0.6) is 5.75 Å². The van der Waals surface area contributed by atoms with Gasteiger partial charge in [0.05, 0.1) is 7.14 Å². The lowest BCUT2D eigenvalue weighted by Gasteiger charge is -2.11. The minimum Gasteiger partial charge on any atom is -0.487 e. The number of cyclic esters (lactones) is 1. The highest BCUT2D eigenvalue weighted by atomic mass is 127. The topological polar surface area (TPSA) is 47.9 Å². The normalized spacial score (nSPS) is 14.5. The van der Waals surface area contributed by atoms with Crippen LogP contribution in [-0.2, 0) is 16.1 Å². The molecule has 3 aromatic carbocycles. The van der Waals surface area contributed by atoms with Gasteiger partial charge < -0.3 is 9.47 Å². The molecule has 8 heteroatoms. The van der Waals surface area contributed by atoms with Crippen molar-refractivity contribution in [1.29, 1.82) is 0 Å². The van der Waals surface area contributed by atoms with Gasteiger partial charge in [-0.25, -0.2) is 18.6 Å². The number of esters is 1. The number of carbonyl (C=O) groups excluding carboxylic acids is 1. The molecule has 1 heterocycles. The molecule has 0 unspecified atom stereocenters. The molecule has 0 fully saturated rings. The van der Waals surface area contributed by atoms with Crippen molar-refractivity contribution in [2.24, 2.45) is 4.99 Å². The molecule has 1 aliphatic rings. The van der Waals surface area contributed by atoms with Gasteiger partial charge in [-0.3, -0.25) is 0 Å². The van der Waals surface area contributed by atoms with E-state index in [1.807, 2.05) is 12.1 Å². The minimum absolute atomic E-state index is 0.0650. The van der Waals surface area contributed by atoms with Crippen LogP contribution in [0.1, 0.15) is 16.7 Å². The van der Waals surface area contributed by atoms with Crippen molar-refractivity contribution in [2.45, 2.75) is 6.61 Å². The second-order valence-corrected chi connectivity index (χ2v) is 8.90. The number of aliphatic imine (C=N–C) groups is 1. The molecule has 0 saturated carbocycles. The highest BCUT2D eigenvalue weighted by Crippen LogP contribution is 2.31. The van der Waals surface area contributed by atoms with Gasteiger partial charge in [-0.2, -0.15) is 0 Å². The summed E-state index contributed by atoms with van der Waals surface area (Å²) in [4.78, 5) is 16.4. The summed E-state index contributed by atoms with van der Waals surface area (Å²) in [5.41, 5.74) is 1.98. The lowest BCUT2D eigenvalue weighted by Crippen LogP contribution is -2.05. The third-order valence-electron chi connectivity index (χ3n) is 4.29. The molecule has 3 aromatic rings. The quantitative estimate of drug-likeness (QED) is 0.192. The molecule has 1 aliphatic heterocycles. The van der Waals surface area contributed by atoms with Gasteiger partial charge in [0.15, 0.2) is 5.70 Å². The van der Waals surface area contributed by atoms with Crippen LogP contribution in [0, 0.1) is 18.8 Å². The zero-order valence-electron chi connectivity index (χ0n) is 15.7. The fraction of sp³-hybridized carbons (Fsp3) is 0.0435. The third-order valence-corrected chi connectivity index (χ3v) is 5.89. The first-order chi connectivity index (χ1) is 14.9. The zero-order valence-corrected chi connectivity index (χ0v) is 20.1. The van der Waals surface area contributed by atoms with Gasteiger partial charge >= 0.3 is 5.97 Å². The van der Waals surface area contributed by atoms with Gasteiger partial charge in [-0.1, -0.05) is 18.2 Å². The predicted molar refractivity (Wildman–Crippen MR) is 130 cm³/mol.